The van der Waals surface area contributed by atoms with Gasteiger partial charge >= 0.3 is 5.97 Å². The number of carbonyl (C=O) groups excluding carboxylic acids is 2. The smallest absolute Gasteiger partial charge is 0.338 e. The van der Waals surface area contributed by atoms with Crippen molar-refractivity contribution in [2.75, 3.05) is 13.7 Å². The molecule has 1 aromatic heterocycles. The van der Waals surface area contributed by atoms with Crippen LogP contribution in [0, 0.1) is 5.92 Å². The molecule has 8 nitrogen and oxygen atoms in total. The summed E-state index contributed by atoms with van der Waals surface area (Å²) in [6.07, 6.45) is 2.31. The number of fused-ring (bicyclic) bond motifs is 1. The van der Waals surface area contributed by atoms with E-state index in [0.29, 0.717) is 33.8 Å². The number of hydrogen-bond donors (Lipinski definition) is 2. The molecule has 1 aliphatic rings. The van der Waals surface area contributed by atoms with Gasteiger partial charge in [-0.1, -0.05) is 42.5 Å². The number of nitrogens with zero attached hydrogens (tertiary/aromatic N) is 1. The number of carbonyl (C=O) groups is 2. The number of para-hydroxylation sites is 1. The molecule has 1 amide bonds. The number of hydrogen-bond acceptors (Lipinski definition) is 6. The zero-order valence-electron chi connectivity index (χ0n) is 20.4. The van der Waals surface area contributed by atoms with E-state index in [0.717, 1.165) is 24.2 Å². The fourth-order valence-corrected chi connectivity index (χ4v) is 4.41. The average Bonchev–Trinajstić information content (AvgIpc) is 3.76. The minimum atomic E-state index is -0.610. The number of nitrogens with one attached hydrogen (secondary N) is 2. The van der Waals surface area contributed by atoms with E-state index in [1.54, 1.807) is 49.6 Å². The molecule has 8 heteroatoms. The van der Waals surface area contributed by atoms with Gasteiger partial charge in [0.1, 0.15) is 11.6 Å². The second kappa shape index (κ2) is 10.7. The van der Waals surface area contributed by atoms with Gasteiger partial charge in [0.2, 0.25) is 0 Å². The maximum atomic E-state index is 12.9. The molecule has 2 N–H and O–H groups in total. The maximum absolute atomic E-state index is 12.9. The number of esters is 1. The molecule has 1 saturated carbocycles. The highest BCUT2D eigenvalue weighted by Gasteiger charge is 2.33. The molecule has 0 radical (unpaired) electrons. The van der Waals surface area contributed by atoms with E-state index in [2.05, 4.69) is 15.3 Å². The largest absolute Gasteiger partial charge is 0.497 e. The minimum Gasteiger partial charge on any atom is -0.497 e. The van der Waals surface area contributed by atoms with Gasteiger partial charge < -0.3 is 19.8 Å². The van der Waals surface area contributed by atoms with Crippen LogP contribution in [0.1, 0.15) is 46.2 Å². The zero-order chi connectivity index (χ0) is 25.8. The highest BCUT2D eigenvalue weighted by atomic mass is 16.5. The molecule has 0 saturated heterocycles. The standard InChI is InChI=1S/C29H27N3O5/c1-36-21-14-12-19(13-15-21)27(18-10-11-18)32-26(33)17-37-29(35)22-7-3-2-6-20(22)16-25-30-24-9-5-4-8-23(24)28(34)31-25/h2-9,12-15,18,27H,10-11,16-17H2,1H3,(H,32,33)(H,30,31,34). The number of rotatable bonds is 9. The summed E-state index contributed by atoms with van der Waals surface area (Å²) in [5.41, 5.74) is 2.30. The van der Waals surface area contributed by atoms with Crippen molar-refractivity contribution < 1.29 is 19.1 Å². The van der Waals surface area contributed by atoms with Crippen molar-refractivity contribution in [3.8, 4) is 5.75 Å². The summed E-state index contributed by atoms with van der Waals surface area (Å²) in [4.78, 5) is 45.3. The maximum Gasteiger partial charge on any atom is 0.338 e. The third-order valence-corrected chi connectivity index (χ3v) is 6.48. The molecule has 1 fully saturated rings. The van der Waals surface area contributed by atoms with Crippen LogP contribution in [0.5, 0.6) is 5.75 Å². The van der Waals surface area contributed by atoms with E-state index in [9.17, 15) is 14.4 Å². The third kappa shape index (κ3) is 5.69. The molecule has 0 aliphatic heterocycles. The molecule has 1 unspecified atom stereocenters. The number of methoxy groups -OCH3 is 1. The lowest BCUT2D eigenvalue weighted by molar-refractivity contribution is -0.125. The van der Waals surface area contributed by atoms with E-state index in [1.807, 2.05) is 30.3 Å². The number of aromatic amines is 1. The minimum absolute atomic E-state index is 0.139. The van der Waals surface area contributed by atoms with Gasteiger partial charge in [0.05, 0.1) is 29.6 Å². The molecular weight excluding hydrogens is 470 g/mol. The van der Waals surface area contributed by atoms with Crippen molar-refractivity contribution in [1.82, 2.24) is 15.3 Å². The summed E-state index contributed by atoms with van der Waals surface area (Å²) in [5, 5.41) is 3.51. The van der Waals surface area contributed by atoms with Crippen LogP contribution in [0.4, 0.5) is 0 Å². The summed E-state index contributed by atoms with van der Waals surface area (Å²) in [6, 6.07) is 21.5. The van der Waals surface area contributed by atoms with Crippen LogP contribution >= 0.6 is 0 Å². The predicted octanol–water partition coefficient (Wildman–Crippen LogP) is 3.95. The number of benzene rings is 3. The van der Waals surface area contributed by atoms with Crippen molar-refractivity contribution >= 4 is 22.8 Å². The summed E-state index contributed by atoms with van der Waals surface area (Å²) in [5.74, 6) is 0.583. The van der Waals surface area contributed by atoms with Crippen LogP contribution in [0.3, 0.4) is 0 Å². The van der Waals surface area contributed by atoms with Crippen molar-refractivity contribution in [3.05, 3.63) is 106 Å². The van der Waals surface area contributed by atoms with Crippen LogP contribution < -0.4 is 15.6 Å². The van der Waals surface area contributed by atoms with E-state index in [-0.39, 0.29) is 23.9 Å². The second-order valence-electron chi connectivity index (χ2n) is 9.10. The Hall–Kier alpha value is -4.46. The van der Waals surface area contributed by atoms with Gasteiger partial charge in [-0.15, -0.1) is 0 Å². The van der Waals surface area contributed by atoms with Crippen LogP contribution in [-0.2, 0) is 16.0 Å². The SMILES string of the molecule is COc1ccc(C(NC(=O)COC(=O)c2ccccc2Cc2nc3ccccc3c(=O)[nH]2)C2CC2)cc1. The van der Waals surface area contributed by atoms with Crippen molar-refractivity contribution in [1.29, 1.82) is 0 Å². The lowest BCUT2D eigenvalue weighted by Gasteiger charge is -2.19. The molecule has 1 atom stereocenters. The third-order valence-electron chi connectivity index (χ3n) is 6.48. The molecule has 0 bridgehead atoms. The zero-order valence-corrected chi connectivity index (χ0v) is 20.4. The molecule has 1 heterocycles. The van der Waals surface area contributed by atoms with Crippen LogP contribution in [0.15, 0.2) is 77.6 Å². The van der Waals surface area contributed by atoms with Crippen LogP contribution in [-0.4, -0.2) is 35.6 Å². The molecule has 1 aliphatic carbocycles. The first-order valence-corrected chi connectivity index (χ1v) is 12.2. The molecule has 37 heavy (non-hydrogen) atoms. The Balaban J connectivity index is 1.25. The molecule has 4 aromatic rings. The summed E-state index contributed by atoms with van der Waals surface area (Å²) < 4.78 is 10.6. The Labute approximate surface area is 213 Å². The summed E-state index contributed by atoms with van der Waals surface area (Å²) in [7, 11) is 1.61. The van der Waals surface area contributed by atoms with E-state index in [1.165, 1.54) is 0 Å². The lowest BCUT2D eigenvalue weighted by atomic mass is 10.0. The Morgan fingerprint density at radius 1 is 1.03 bits per heavy atom. The Kier molecular flexibility index (Phi) is 6.98. The average molecular weight is 498 g/mol. The van der Waals surface area contributed by atoms with Crippen molar-refractivity contribution in [2.24, 2.45) is 5.92 Å². The quantitative estimate of drug-likeness (QED) is 0.339. The molecule has 0 spiro atoms. The van der Waals surface area contributed by atoms with Gasteiger partial charge in [-0.25, -0.2) is 9.78 Å². The van der Waals surface area contributed by atoms with E-state index >= 15 is 0 Å². The molecule has 3 aromatic carbocycles. The normalized spacial score (nSPS) is 13.6. The Morgan fingerprint density at radius 2 is 1.76 bits per heavy atom. The van der Waals surface area contributed by atoms with Crippen molar-refractivity contribution in [3.63, 3.8) is 0 Å². The van der Waals surface area contributed by atoms with Crippen LogP contribution in [0.2, 0.25) is 0 Å². The number of aromatic nitrogens is 2. The first kappa shape index (κ1) is 24.2. The van der Waals surface area contributed by atoms with Crippen molar-refractivity contribution in [2.45, 2.75) is 25.3 Å². The topological polar surface area (TPSA) is 110 Å². The number of amides is 1. The molecular formula is C29H27N3O5. The van der Waals surface area contributed by atoms with Crippen LogP contribution in [0.25, 0.3) is 10.9 Å². The van der Waals surface area contributed by atoms with Gasteiger partial charge in [-0.3, -0.25) is 9.59 Å². The molecule has 188 valence electrons. The van der Waals surface area contributed by atoms with Gasteiger partial charge in [-0.2, -0.15) is 0 Å². The van der Waals surface area contributed by atoms with Gasteiger partial charge in [-0.05, 0) is 60.2 Å². The fourth-order valence-electron chi connectivity index (χ4n) is 4.41. The van der Waals surface area contributed by atoms with E-state index in [4.69, 9.17) is 9.47 Å². The summed E-state index contributed by atoms with van der Waals surface area (Å²) in [6.45, 7) is -0.391. The fraction of sp³-hybridized carbons (Fsp3) is 0.241. The predicted molar refractivity (Wildman–Crippen MR) is 138 cm³/mol. The van der Waals surface area contributed by atoms with Gasteiger partial charge in [0.15, 0.2) is 6.61 Å². The number of H-pyrrole nitrogens is 1. The van der Waals surface area contributed by atoms with Gasteiger partial charge in [0, 0.05) is 6.42 Å². The second-order valence-corrected chi connectivity index (χ2v) is 9.10. The first-order chi connectivity index (χ1) is 18.0. The Bertz CT molecular complexity index is 1490. The Morgan fingerprint density at radius 3 is 2.51 bits per heavy atom. The lowest BCUT2D eigenvalue weighted by Crippen LogP contribution is -2.33. The molecule has 5 rings (SSSR count). The summed E-state index contributed by atoms with van der Waals surface area (Å²) >= 11 is 0. The highest BCUT2D eigenvalue weighted by Crippen LogP contribution is 2.41. The highest BCUT2D eigenvalue weighted by molar-refractivity contribution is 5.93. The first-order valence-electron chi connectivity index (χ1n) is 12.2. The van der Waals surface area contributed by atoms with Gasteiger partial charge in [0.25, 0.3) is 11.5 Å². The number of ether oxygens (including phenoxy) is 2. The van der Waals surface area contributed by atoms with E-state index < -0.39 is 12.6 Å². The monoisotopic (exact) mass is 497 g/mol.